The Morgan fingerprint density at radius 2 is 1.82 bits per heavy atom. The maximum atomic E-state index is 12.6. The van der Waals surface area contributed by atoms with Crippen LogP contribution in [0.15, 0.2) is 48.7 Å². The van der Waals surface area contributed by atoms with Crippen LogP contribution in [0.25, 0.3) is 0 Å². The largest absolute Gasteiger partial charge is 0.507 e. The lowest BCUT2D eigenvalue weighted by Crippen LogP contribution is -2.13. The fourth-order valence-electron chi connectivity index (χ4n) is 4.70. The summed E-state index contributed by atoms with van der Waals surface area (Å²) in [6.45, 7) is 9.05. The molecule has 9 nitrogen and oxygen atoms in total. The van der Waals surface area contributed by atoms with Gasteiger partial charge in [0.1, 0.15) is 35.7 Å². The summed E-state index contributed by atoms with van der Waals surface area (Å²) < 4.78 is 16.5. The first kappa shape index (κ1) is 27.7. The van der Waals surface area contributed by atoms with Crippen molar-refractivity contribution < 1.29 is 39.1 Å². The minimum atomic E-state index is -0.934. The second-order valence-electron chi connectivity index (χ2n) is 9.65. The highest BCUT2D eigenvalue weighted by Crippen LogP contribution is 2.50. The molecular weight excluding hydrogens is 502 g/mol. The summed E-state index contributed by atoms with van der Waals surface area (Å²) in [5.41, 5.74) is 2.94. The van der Waals surface area contributed by atoms with Crippen molar-refractivity contribution in [3.63, 3.8) is 0 Å². The summed E-state index contributed by atoms with van der Waals surface area (Å²) in [4.78, 5) is 29.3. The van der Waals surface area contributed by atoms with E-state index in [1.807, 2.05) is 6.92 Å². The molecule has 204 valence electrons. The monoisotopic (exact) mass is 533 g/mol. The van der Waals surface area contributed by atoms with Crippen LogP contribution >= 0.6 is 0 Å². The van der Waals surface area contributed by atoms with Gasteiger partial charge in [0, 0.05) is 34.4 Å². The molecule has 0 fully saturated rings. The van der Waals surface area contributed by atoms with E-state index in [4.69, 9.17) is 14.2 Å². The number of phenolic OH excluding ortho intramolecular Hbond substituents is 2. The van der Waals surface area contributed by atoms with E-state index in [1.165, 1.54) is 20.1 Å². The summed E-state index contributed by atoms with van der Waals surface area (Å²) in [7, 11) is 1.24. The maximum Gasteiger partial charge on any atom is 0.306 e. The van der Waals surface area contributed by atoms with Crippen LogP contribution in [0.5, 0.6) is 23.0 Å². The Morgan fingerprint density at radius 1 is 1.13 bits per heavy atom. The molecule has 1 aliphatic rings. The van der Waals surface area contributed by atoms with E-state index in [9.17, 15) is 24.9 Å². The fourth-order valence-corrected chi connectivity index (χ4v) is 4.70. The Labute approximate surface area is 226 Å². The summed E-state index contributed by atoms with van der Waals surface area (Å²) in [5.74, 6) is -2.25. The molecule has 0 radical (unpaired) electrons. The van der Waals surface area contributed by atoms with Crippen LogP contribution in [0.2, 0.25) is 0 Å². The summed E-state index contributed by atoms with van der Waals surface area (Å²) >= 11 is 0. The highest BCUT2D eigenvalue weighted by molar-refractivity contribution is 5.98. The molecule has 0 unspecified atom stereocenters. The van der Waals surface area contributed by atoms with Crippen molar-refractivity contribution in [2.75, 3.05) is 13.7 Å². The number of aryl methyl sites for hydroxylation is 1. The van der Waals surface area contributed by atoms with Crippen LogP contribution in [0.4, 0.5) is 0 Å². The van der Waals surface area contributed by atoms with Gasteiger partial charge in [-0.3, -0.25) is 14.6 Å². The Balaban J connectivity index is 1.89. The molecule has 9 heteroatoms. The first-order chi connectivity index (χ1) is 18.5. The van der Waals surface area contributed by atoms with E-state index in [0.29, 0.717) is 34.7 Å². The van der Waals surface area contributed by atoms with E-state index in [0.717, 1.165) is 5.57 Å². The minimum Gasteiger partial charge on any atom is -0.507 e. The molecule has 1 aliphatic heterocycles. The average Bonchev–Trinajstić information content (AvgIpc) is 3.33. The predicted molar refractivity (Wildman–Crippen MR) is 142 cm³/mol. The fraction of sp³-hybridized carbons (Fsp3) is 0.300. The van der Waals surface area contributed by atoms with Crippen LogP contribution in [-0.4, -0.2) is 45.8 Å². The van der Waals surface area contributed by atoms with Crippen LogP contribution in [0, 0.1) is 6.92 Å². The van der Waals surface area contributed by atoms with Crippen molar-refractivity contribution in [2.45, 2.75) is 45.8 Å². The van der Waals surface area contributed by atoms with E-state index < -0.39 is 29.5 Å². The number of methoxy groups -OCH3 is 1. The summed E-state index contributed by atoms with van der Waals surface area (Å²) in [6, 6.07) is 8.19. The van der Waals surface area contributed by atoms with Gasteiger partial charge in [0.15, 0.2) is 5.78 Å². The zero-order chi connectivity index (χ0) is 28.4. The average molecular weight is 534 g/mol. The number of rotatable bonds is 9. The topological polar surface area (TPSA) is 135 Å². The van der Waals surface area contributed by atoms with Crippen molar-refractivity contribution in [3.05, 3.63) is 87.8 Å². The number of phenols is 2. The second-order valence-corrected chi connectivity index (χ2v) is 9.65. The number of carbonyl (C=O) groups excluding carboxylic acids is 2. The third-order valence-electron chi connectivity index (χ3n) is 6.74. The number of ether oxygens (including phenoxy) is 3. The molecule has 1 aromatic heterocycles. The number of benzene rings is 2. The second kappa shape index (κ2) is 11.2. The highest BCUT2D eigenvalue weighted by atomic mass is 16.5. The third-order valence-corrected chi connectivity index (χ3v) is 6.74. The van der Waals surface area contributed by atoms with Gasteiger partial charge in [0.2, 0.25) is 0 Å². The van der Waals surface area contributed by atoms with Crippen molar-refractivity contribution in [3.8, 4) is 23.0 Å². The van der Waals surface area contributed by atoms with E-state index in [1.54, 1.807) is 37.4 Å². The van der Waals surface area contributed by atoms with Gasteiger partial charge >= 0.3 is 5.97 Å². The van der Waals surface area contributed by atoms with E-state index >= 15 is 0 Å². The summed E-state index contributed by atoms with van der Waals surface area (Å²) in [6.07, 6.45) is 0.420. The first-order valence-corrected chi connectivity index (χ1v) is 12.4. The van der Waals surface area contributed by atoms with Crippen molar-refractivity contribution in [1.29, 1.82) is 0 Å². The van der Waals surface area contributed by atoms with Gasteiger partial charge in [0.05, 0.1) is 31.4 Å². The van der Waals surface area contributed by atoms with Gasteiger partial charge in [-0.2, -0.15) is 0 Å². The molecule has 0 aliphatic carbocycles. The number of esters is 1. The standard InChI is InChI=1S/C30H31NO8/c1-15(2)13-38-20-8-6-18(7-9-20)22(11-24(33)37-5)26-28(35)21(17(4)32)10-23(29(26)36)30-25-19(14-39-30)12-31-16(3)27(25)34/h6-10,12,22,30,34-36H,1,11,13-14H2,2-5H3/t22-,30-/m0/s1. The van der Waals surface area contributed by atoms with Gasteiger partial charge in [0.25, 0.3) is 0 Å². The number of aromatic hydroxyl groups is 3. The number of nitrogens with zero attached hydrogens (tertiary/aromatic N) is 1. The maximum absolute atomic E-state index is 12.6. The number of ketones is 1. The Hall–Kier alpha value is -4.37. The SMILES string of the molecule is C=C(C)COc1ccc([C@H](CC(=O)OC)c2c(O)c(C(C)=O)cc([C@@H]3OCc4cnc(C)c(O)c43)c2O)cc1. The van der Waals surface area contributed by atoms with Crippen LogP contribution in [0.1, 0.15) is 76.2 Å². The van der Waals surface area contributed by atoms with Gasteiger partial charge in [-0.15, -0.1) is 0 Å². The number of aromatic nitrogens is 1. The lowest BCUT2D eigenvalue weighted by atomic mass is 9.83. The molecule has 2 atom stereocenters. The van der Waals surface area contributed by atoms with Crippen LogP contribution in [-0.2, 0) is 20.9 Å². The number of hydrogen-bond donors (Lipinski definition) is 3. The Kier molecular flexibility index (Phi) is 7.92. The summed E-state index contributed by atoms with van der Waals surface area (Å²) in [5, 5.41) is 33.6. The molecule has 39 heavy (non-hydrogen) atoms. The molecule has 0 saturated heterocycles. The number of hydrogen-bond acceptors (Lipinski definition) is 9. The molecule has 2 heterocycles. The molecule has 0 bridgehead atoms. The lowest BCUT2D eigenvalue weighted by molar-refractivity contribution is -0.140. The minimum absolute atomic E-state index is 0.0268. The lowest BCUT2D eigenvalue weighted by Gasteiger charge is -2.24. The molecule has 2 aromatic carbocycles. The van der Waals surface area contributed by atoms with E-state index in [-0.39, 0.29) is 41.2 Å². The third kappa shape index (κ3) is 5.44. The molecule has 0 spiro atoms. The number of Topliss-reactive ketones (excluding diaryl/α,β-unsaturated/α-hetero) is 1. The zero-order valence-electron chi connectivity index (χ0n) is 22.3. The Bertz CT molecular complexity index is 1440. The first-order valence-electron chi connectivity index (χ1n) is 12.4. The van der Waals surface area contributed by atoms with Crippen molar-refractivity contribution >= 4 is 11.8 Å². The quantitative estimate of drug-likeness (QED) is 0.198. The molecule has 4 rings (SSSR count). The van der Waals surface area contributed by atoms with Gasteiger partial charge in [-0.1, -0.05) is 18.7 Å². The predicted octanol–water partition coefficient (Wildman–Crippen LogP) is 4.98. The molecule has 0 amide bonds. The van der Waals surface area contributed by atoms with Gasteiger partial charge < -0.3 is 29.5 Å². The van der Waals surface area contributed by atoms with E-state index in [2.05, 4.69) is 11.6 Å². The van der Waals surface area contributed by atoms with Crippen LogP contribution < -0.4 is 4.74 Å². The van der Waals surface area contributed by atoms with Crippen molar-refractivity contribution in [2.24, 2.45) is 0 Å². The molecular formula is C30H31NO8. The molecule has 3 N–H and O–H groups in total. The highest BCUT2D eigenvalue weighted by Gasteiger charge is 2.36. The van der Waals surface area contributed by atoms with Gasteiger partial charge in [-0.25, -0.2) is 0 Å². The normalized spacial score (nSPS) is 14.9. The smallest absolute Gasteiger partial charge is 0.306 e. The number of carbonyl (C=O) groups is 2. The van der Waals surface area contributed by atoms with Crippen LogP contribution in [0.3, 0.4) is 0 Å². The van der Waals surface area contributed by atoms with Gasteiger partial charge in [-0.05, 0) is 50.1 Å². The van der Waals surface area contributed by atoms with Crippen molar-refractivity contribution in [1.82, 2.24) is 4.98 Å². The number of pyridine rings is 1. The number of fused-ring (bicyclic) bond motifs is 1. The molecule has 0 saturated carbocycles. The Morgan fingerprint density at radius 3 is 2.44 bits per heavy atom. The molecule has 3 aromatic rings. The zero-order valence-corrected chi connectivity index (χ0v) is 22.3.